The van der Waals surface area contributed by atoms with Gasteiger partial charge in [0, 0.05) is 56.5 Å². The van der Waals surface area contributed by atoms with Gasteiger partial charge in [-0.2, -0.15) is 0 Å². The van der Waals surface area contributed by atoms with E-state index in [1.165, 1.54) is 11.8 Å². The molecule has 0 saturated carbocycles. The molecule has 0 unspecified atom stereocenters. The molecule has 5 aromatic rings. The number of thioether (sulfide) groups is 1. The van der Waals surface area contributed by atoms with E-state index in [1.54, 1.807) is 23.2 Å². The van der Waals surface area contributed by atoms with Crippen molar-refractivity contribution in [3.63, 3.8) is 0 Å². The van der Waals surface area contributed by atoms with Crippen molar-refractivity contribution in [2.45, 2.75) is 35.6 Å². The van der Waals surface area contributed by atoms with Crippen molar-refractivity contribution in [3.05, 3.63) is 124 Å². The van der Waals surface area contributed by atoms with Crippen molar-refractivity contribution in [1.82, 2.24) is 14.9 Å². The van der Waals surface area contributed by atoms with Crippen molar-refractivity contribution < 1.29 is 9.59 Å². The lowest BCUT2D eigenvalue weighted by Crippen LogP contribution is -2.48. The number of hydrogen-bond donors (Lipinski definition) is 1. The van der Waals surface area contributed by atoms with Crippen LogP contribution in [0.5, 0.6) is 0 Å². The molecule has 0 spiro atoms. The summed E-state index contributed by atoms with van der Waals surface area (Å²) in [5, 5.41) is 5.23. The molecule has 1 aliphatic rings. The lowest BCUT2D eigenvalue weighted by atomic mass is 9.91. The fraction of sp³-hybridized carbons (Fsp3) is 0.182. The van der Waals surface area contributed by atoms with Gasteiger partial charge in [0.25, 0.3) is 0 Å². The predicted molar refractivity (Wildman–Crippen MR) is 170 cm³/mol. The first-order valence-corrected chi connectivity index (χ1v) is 15.1. The van der Waals surface area contributed by atoms with Crippen molar-refractivity contribution in [1.29, 1.82) is 0 Å². The van der Waals surface area contributed by atoms with Gasteiger partial charge in [0.05, 0.1) is 24.7 Å². The number of amides is 2. The van der Waals surface area contributed by atoms with Gasteiger partial charge in [-0.3, -0.25) is 14.6 Å². The van der Waals surface area contributed by atoms with Crippen molar-refractivity contribution >= 4 is 63.4 Å². The van der Waals surface area contributed by atoms with Crippen LogP contribution in [0, 0.1) is 6.92 Å². The van der Waals surface area contributed by atoms with Crippen LogP contribution in [0.1, 0.15) is 29.3 Å². The van der Waals surface area contributed by atoms with E-state index in [2.05, 4.69) is 10.3 Å². The van der Waals surface area contributed by atoms with E-state index in [9.17, 15) is 9.59 Å². The highest BCUT2D eigenvalue weighted by molar-refractivity contribution is 8.01. The summed E-state index contributed by atoms with van der Waals surface area (Å²) in [5.41, 5.74) is 4.29. The average Bonchev–Trinajstić information content (AvgIpc) is 3.46. The van der Waals surface area contributed by atoms with Crippen molar-refractivity contribution in [2.75, 3.05) is 4.90 Å². The number of halogens is 2. The number of carbonyl (C=O) groups is 2. The zero-order valence-corrected chi connectivity index (χ0v) is 25.4. The largest absolute Gasteiger partial charge is 0.350 e. The maximum absolute atomic E-state index is 14.6. The second-order valence-electron chi connectivity index (χ2n) is 10.5. The Morgan fingerprint density at radius 2 is 1.76 bits per heavy atom. The molecule has 2 atom stereocenters. The summed E-state index contributed by atoms with van der Waals surface area (Å²) in [4.78, 5) is 35.7. The SMILES string of the molecule is Cc1ccc(S[C@@]2(C(=O)NCc3ccccn3)CC(=O)N(c3ccc(Cl)cc3)[C@H]2c2cn(C)c3cc(Cl)ccc23)cc1. The minimum atomic E-state index is -1.21. The number of hydrogen-bond acceptors (Lipinski definition) is 4. The highest BCUT2D eigenvalue weighted by Crippen LogP contribution is 2.55. The quantitative estimate of drug-likeness (QED) is 0.206. The van der Waals surface area contributed by atoms with Crippen LogP contribution in [0.25, 0.3) is 10.9 Å². The van der Waals surface area contributed by atoms with E-state index < -0.39 is 10.8 Å². The van der Waals surface area contributed by atoms with Crippen LogP contribution in [-0.2, 0) is 23.2 Å². The highest BCUT2D eigenvalue weighted by Gasteiger charge is 2.59. The summed E-state index contributed by atoms with van der Waals surface area (Å²) in [6, 6.07) is 25.9. The second kappa shape index (κ2) is 11.5. The number of carbonyl (C=O) groups excluding carboxylic acids is 2. The smallest absolute Gasteiger partial charge is 0.239 e. The van der Waals surface area contributed by atoms with Gasteiger partial charge in [-0.25, -0.2) is 0 Å². The Balaban J connectivity index is 1.55. The summed E-state index contributed by atoms with van der Waals surface area (Å²) < 4.78 is 0.779. The Labute approximate surface area is 258 Å². The standard InChI is InChI=1S/C33H28Cl2N4O2S/c1-21-6-13-26(14-7-21)42-33(32(41)37-19-24-5-3-4-16-36-24)18-30(40)39(25-11-8-22(34)9-12-25)31(33)28-20-38(2)29-17-23(35)10-15-27(28)29/h3-17,20,31H,18-19H2,1-2H3,(H,37,41)/t31-,33-/m0/s1. The number of aromatic nitrogens is 2. The summed E-state index contributed by atoms with van der Waals surface area (Å²) in [5.74, 6) is -0.389. The predicted octanol–water partition coefficient (Wildman–Crippen LogP) is 7.51. The van der Waals surface area contributed by atoms with E-state index in [0.29, 0.717) is 15.7 Å². The van der Waals surface area contributed by atoms with Crippen molar-refractivity contribution in [2.24, 2.45) is 7.05 Å². The number of rotatable bonds is 7. The molecule has 1 N–H and O–H groups in total. The molecule has 6 rings (SSSR count). The van der Waals surface area contributed by atoms with Gasteiger partial charge in [-0.15, -0.1) is 11.8 Å². The van der Waals surface area contributed by atoms with Gasteiger partial charge in [0.2, 0.25) is 11.8 Å². The molecule has 0 radical (unpaired) electrons. The molecule has 1 fully saturated rings. The van der Waals surface area contributed by atoms with Crippen LogP contribution in [-0.4, -0.2) is 26.1 Å². The lowest BCUT2D eigenvalue weighted by Gasteiger charge is -2.36. The molecule has 2 aromatic heterocycles. The lowest BCUT2D eigenvalue weighted by molar-refractivity contribution is -0.125. The number of aryl methyl sites for hydroxylation is 2. The minimum absolute atomic E-state index is 0.00311. The third kappa shape index (κ3) is 5.28. The average molecular weight is 616 g/mol. The van der Waals surface area contributed by atoms with Gasteiger partial charge < -0.3 is 14.8 Å². The summed E-state index contributed by atoms with van der Waals surface area (Å²) in [7, 11) is 1.95. The van der Waals surface area contributed by atoms with Crippen LogP contribution in [0.15, 0.2) is 102 Å². The molecule has 3 aromatic carbocycles. The molecule has 212 valence electrons. The third-order valence-corrected chi connectivity index (χ3v) is 9.54. The zero-order chi connectivity index (χ0) is 29.4. The molecule has 1 aliphatic heterocycles. The van der Waals surface area contributed by atoms with Crippen LogP contribution in [0.3, 0.4) is 0 Å². The first-order valence-electron chi connectivity index (χ1n) is 13.5. The molecule has 1 saturated heterocycles. The van der Waals surface area contributed by atoms with E-state index in [-0.39, 0.29) is 24.8 Å². The van der Waals surface area contributed by atoms with E-state index in [0.717, 1.165) is 32.6 Å². The number of fused-ring (bicyclic) bond motifs is 1. The van der Waals surface area contributed by atoms with E-state index >= 15 is 0 Å². The third-order valence-electron chi connectivity index (χ3n) is 7.63. The maximum Gasteiger partial charge on any atom is 0.239 e. The molecule has 42 heavy (non-hydrogen) atoms. The van der Waals surface area contributed by atoms with Crippen LogP contribution in [0.4, 0.5) is 5.69 Å². The number of nitrogens with zero attached hydrogens (tertiary/aromatic N) is 3. The van der Waals surface area contributed by atoms with Crippen LogP contribution in [0.2, 0.25) is 10.0 Å². The Morgan fingerprint density at radius 1 is 1.02 bits per heavy atom. The maximum atomic E-state index is 14.6. The first-order chi connectivity index (χ1) is 20.2. The molecule has 2 amide bonds. The van der Waals surface area contributed by atoms with Gasteiger partial charge >= 0.3 is 0 Å². The Bertz CT molecular complexity index is 1770. The Morgan fingerprint density at radius 3 is 2.48 bits per heavy atom. The second-order valence-corrected chi connectivity index (χ2v) is 12.8. The molecular weight excluding hydrogens is 587 g/mol. The number of pyridine rings is 1. The summed E-state index contributed by atoms with van der Waals surface area (Å²) >= 11 is 14.0. The van der Waals surface area contributed by atoms with Crippen molar-refractivity contribution in [3.8, 4) is 0 Å². The fourth-order valence-corrected chi connectivity index (χ4v) is 7.32. The molecule has 3 heterocycles. The van der Waals surface area contributed by atoms with E-state index in [1.807, 2.05) is 97.5 Å². The molecular formula is C33H28Cl2N4O2S. The monoisotopic (exact) mass is 614 g/mol. The Hall–Kier alpha value is -3.78. The number of benzene rings is 3. The topological polar surface area (TPSA) is 67.2 Å². The van der Waals surface area contributed by atoms with E-state index in [4.69, 9.17) is 23.2 Å². The summed E-state index contributed by atoms with van der Waals surface area (Å²) in [6.07, 6.45) is 3.70. The van der Waals surface area contributed by atoms with Gasteiger partial charge in [0.1, 0.15) is 4.75 Å². The van der Waals surface area contributed by atoms with Gasteiger partial charge in [-0.1, -0.05) is 53.0 Å². The first kappa shape index (κ1) is 28.3. The summed E-state index contributed by atoms with van der Waals surface area (Å²) in [6.45, 7) is 2.26. The number of nitrogens with one attached hydrogen (secondary N) is 1. The Kier molecular flexibility index (Phi) is 7.75. The highest BCUT2D eigenvalue weighted by atomic mass is 35.5. The molecule has 0 bridgehead atoms. The van der Waals surface area contributed by atoms with Crippen LogP contribution < -0.4 is 10.2 Å². The number of anilines is 1. The molecule has 0 aliphatic carbocycles. The normalized spacial score (nSPS) is 18.5. The molecule has 6 nitrogen and oxygen atoms in total. The van der Waals surface area contributed by atoms with Gasteiger partial charge in [-0.05, 0) is 67.6 Å². The van der Waals surface area contributed by atoms with Crippen LogP contribution >= 0.6 is 35.0 Å². The minimum Gasteiger partial charge on any atom is -0.350 e. The molecule has 9 heteroatoms. The fourth-order valence-electron chi connectivity index (χ4n) is 5.63. The van der Waals surface area contributed by atoms with Gasteiger partial charge in [0.15, 0.2) is 0 Å². The zero-order valence-electron chi connectivity index (χ0n) is 23.1.